The highest BCUT2D eigenvalue weighted by molar-refractivity contribution is 7.92. The lowest BCUT2D eigenvalue weighted by atomic mass is 10.1. The number of benzene rings is 1. The molecular weight excluding hydrogens is 533 g/mol. The minimum Gasteiger partial charge on any atom is -0.480 e. The fourth-order valence-electron chi connectivity index (χ4n) is 3.51. The maximum Gasteiger partial charge on any atom is 0.238 e. The summed E-state index contributed by atoms with van der Waals surface area (Å²) < 4.78 is 46.7. The number of rotatable bonds is 9. The van der Waals surface area contributed by atoms with E-state index in [1.807, 2.05) is 0 Å². The van der Waals surface area contributed by atoms with E-state index in [1.54, 1.807) is 37.2 Å². The standard InChI is InChI=1S/C25H23ClFN7O3S/c1-34(2)8-9-38(35,36)33-22-10-15(13-30-25(22)37-3)20-6-7-21-24(32-20)23(16(12-28)14-29-21)31-17-4-5-19(27)18(26)11-17/h4-7,10-11,13-14,33H,8-9H2,1-3H3,(H,29,31). The largest absolute Gasteiger partial charge is 0.480 e. The summed E-state index contributed by atoms with van der Waals surface area (Å²) >= 11 is 5.92. The number of ether oxygens (including phenoxy) is 1. The number of nitriles is 1. The van der Waals surface area contributed by atoms with Gasteiger partial charge in [0.15, 0.2) is 0 Å². The minimum absolute atomic E-state index is 0.0783. The summed E-state index contributed by atoms with van der Waals surface area (Å²) in [6.45, 7) is 0.334. The number of fused-ring (bicyclic) bond motifs is 1. The molecule has 0 amide bonds. The molecule has 0 aliphatic heterocycles. The normalized spacial score (nSPS) is 11.4. The Hall–Kier alpha value is -4.05. The lowest BCUT2D eigenvalue weighted by Crippen LogP contribution is -2.26. The van der Waals surface area contributed by atoms with Gasteiger partial charge in [-0.25, -0.2) is 22.8 Å². The summed E-state index contributed by atoms with van der Waals surface area (Å²) in [6, 6.07) is 11.2. The number of methoxy groups -OCH3 is 1. The SMILES string of the molecule is COc1ncc(-c2ccc3ncc(C#N)c(Nc4ccc(F)c(Cl)c4)c3n2)cc1NS(=O)(=O)CCN(C)C. The van der Waals surface area contributed by atoms with Gasteiger partial charge >= 0.3 is 0 Å². The average molecular weight is 556 g/mol. The quantitative estimate of drug-likeness (QED) is 0.308. The van der Waals surface area contributed by atoms with Crippen LogP contribution in [0.3, 0.4) is 0 Å². The van der Waals surface area contributed by atoms with Crippen LogP contribution >= 0.6 is 11.6 Å². The van der Waals surface area contributed by atoms with E-state index >= 15 is 0 Å². The highest BCUT2D eigenvalue weighted by Gasteiger charge is 2.18. The number of sulfonamides is 1. The molecule has 1 aromatic carbocycles. The second kappa shape index (κ2) is 11.1. The van der Waals surface area contributed by atoms with Gasteiger partial charge in [-0.3, -0.25) is 9.71 Å². The highest BCUT2D eigenvalue weighted by atomic mass is 35.5. The van der Waals surface area contributed by atoms with Gasteiger partial charge < -0.3 is 15.0 Å². The van der Waals surface area contributed by atoms with Crippen LogP contribution in [0.2, 0.25) is 5.02 Å². The first-order chi connectivity index (χ1) is 18.1. The molecule has 3 aromatic heterocycles. The number of nitrogens with zero attached hydrogens (tertiary/aromatic N) is 5. The number of hydrogen-bond acceptors (Lipinski definition) is 9. The minimum atomic E-state index is -3.68. The molecule has 13 heteroatoms. The Kier molecular flexibility index (Phi) is 7.91. The van der Waals surface area contributed by atoms with Crippen molar-refractivity contribution in [3.8, 4) is 23.2 Å². The van der Waals surface area contributed by atoms with Gasteiger partial charge in [0, 0.05) is 30.2 Å². The summed E-state index contributed by atoms with van der Waals surface area (Å²) in [5.74, 6) is -0.586. The van der Waals surface area contributed by atoms with Gasteiger partial charge in [-0.15, -0.1) is 0 Å². The van der Waals surface area contributed by atoms with E-state index in [4.69, 9.17) is 21.3 Å². The summed E-state index contributed by atoms with van der Waals surface area (Å²) in [4.78, 5) is 15.0. The summed E-state index contributed by atoms with van der Waals surface area (Å²) in [5.41, 5.74) is 2.98. The van der Waals surface area contributed by atoms with Gasteiger partial charge in [0.1, 0.15) is 23.1 Å². The van der Waals surface area contributed by atoms with E-state index in [2.05, 4.69) is 26.1 Å². The highest BCUT2D eigenvalue weighted by Crippen LogP contribution is 2.33. The van der Waals surface area contributed by atoms with Gasteiger partial charge in [0.2, 0.25) is 15.9 Å². The summed E-state index contributed by atoms with van der Waals surface area (Å²) in [6.07, 6.45) is 2.91. The molecule has 0 spiro atoms. The van der Waals surface area contributed by atoms with Crippen molar-refractivity contribution in [2.24, 2.45) is 0 Å². The van der Waals surface area contributed by atoms with Crippen LogP contribution in [0.15, 0.2) is 48.8 Å². The Balaban J connectivity index is 1.77. The van der Waals surface area contributed by atoms with Crippen LogP contribution < -0.4 is 14.8 Å². The van der Waals surface area contributed by atoms with Crippen LogP contribution in [0.1, 0.15) is 5.56 Å². The molecule has 196 valence electrons. The van der Waals surface area contributed by atoms with Crippen LogP contribution in [-0.2, 0) is 10.0 Å². The van der Waals surface area contributed by atoms with Crippen LogP contribution in [0, 0.1) is 17.1 Å². The fraction of sp³-hybridized carbons (Fsp3) is 0.200. The third-order valence-corrected chi connectivity index (χ3v) is 6.98. The number of anilines is 3. The molecule has 38 heavy (non-hydrogen) atoms. The molecule has 10 nitrogen and oxygen atoms in total. The molecule has 4 rings (SSSR count). The predicted molar refractivity (Wildman–Crippen MR) is 145 cm³/mol. The molecule has 0 saturated carbocycles. The lowest BCUT2D eigenvalue weighted by Gasteiger charge is -2.15. The van der Waals surface area contributed by atoms with Gasteiger partial charge in [-0.2, -0.15) is 5.26 Å². The van der Waals surface area contributed by atoms with Crippen molar-refractivity contribution in [2.45, 2.75) is 0 Å². The first-order valence-corrected chi connectivity index (χ1v) is 13.2. The van der Waals surface area contributed by atoms with E-state index in [0.717, 1.165) is 0 Å². The number of aromatic nitrogens is 3. The molecule has 0 atom stereocenters. The van der Waals surface area contributed by atoms with Crippen molar-refractivity contribution in [3.05, 3.63) is 65.2 Å². The Morgan fingerprint density at radius 1 is 1.16 bits per heavy atom. The molecule has 0 fully saturated rings. The van der Waals surface area contributed by atoms with Crippen molar-refractivity contribution in [1.82, 2.24) is 19.9 Å². The average Bonchev–Trinajstić information content (AvgIpc) is 2.89. The van der Waals surface area contributed by atoms with E-state index in [9.17, 15) is 18.1 Å². The number of halogens is 2. The Morgan fingerprint density at radius 2 is 1.95 bits per heavy atom. The Labute approximate surface area is 224 Å². The molecule has 3 heterocycles. The number of pyridine rings is 3. The second-order valence-corrected chi connectivity index (χ2v) is 10.7. The van der Waals surface area contributed by atoms with Crippen LogP contribution in [0.5, 0.6) is 5.88 Å². The molecule has 0 aliphatic rings. The zero-order chi connectivity index (χ0) is 27.4. The first kappa shape index (κ1) is 27.0. The van der Waals surface area contributed by atoms with Crippen molar-refractivity contribution in [1.29, 1.82) is 5.26 Å². The molecular formula is C25H23ClFN7O3S. The maximum atomic E-state index is 13.7. The van der Waals surface area contributed by atoms with Gasteiger partial charge in [-0.1, -0.05) is 11.6 Å². The summed E-state index contributed by atoms with van der Waals surface area (Å²) in [7, 11) is 1.28. The van der Waals surface area contributed by atoms with Crippen LogP contribution in [0.4, 0.5) is 21.5 Å². The first-order valence-electron chi connectivity index (χ1n) is 11.2. The topological polar surface area (TPSA) is 133 Å². The zero-order valence-electron chi connectivity index (χ0n) is 20.7. The molecule has 2 N–H and O–H groups in total. The Bertz CT molecular complexity index is 1660. The molecule has 0 aliphatic carbocycles. The lowest BCUT2D eigenvalue weighted by molar-refractivity contribution is 0.400. The van der Waals surface area contributed by atoms with Crippen LogP contribution in [-0.4, -0.2) is 61.8 Å². The smallest absolute Gasteiger partial charge is 0.238 e. The predicted octanol–water partition coefficient (Wildman–Crippen LogP) is 4.41. The molecule has 0 unspecified atom stereocenters. The third kappa shape index (κ3) is 6.08. The second-order valence-electron chi connectivity index (χ2n) is 8.48. The molecule has 0 saturated heterocycles. The van der Waals surface area contributed by atoms with Gasteiger partial charge in [-0.05, 0) is 50.5 Å². The zero-order valence-corrected chi connectivity index (χ0v) is 22.2. The third-order valence-electron chi connectivity index (χ3n) is 5.44. The monoisotopic (exact) mass is 555 g/mol. The number of nitrogens with one attached hydrogen (secondary N) is 2. The molecule has 4 aromatic rings. The fourth-order valence-corrected chi connectivity index (χ4v) is 4.88. The van der Waals surface area contributed by atoms with Gasteiger partial charge in [0.25, 0.3) is 0 Å². The maximum absolute atomic E-state index is 13.7. The summed E-state index contributed by atoms with van der Waals surface area (Å²) in [5, 5.41) is 12.7. The molecule has 0 bridgehead atoms. The van der Waals surface area contributed by atoms with E-state index < -0.39 is 15.8 Å². The van der Waals surface area contributed by atoms with Crippen molar-refractivity contribution in [2.75, 3.05) is 43.5 Å². The van der Waals surface area contributed by atoms with Gasteiger partial charge in [0.05, 0.1) is 40.3 Å². The van der Waals surface area contributed by atoms with Crippen molar-refractivity contribution >= 4 is 49.7 Å². The van der Waals surface area contributed by atoms with Crippen molar-refractivity contribution in [3.63, 3.8) is 0 Å². The van der Waals surface area contributed by atoms with E-state index in [0.29, 0.717) is 40.2 Å². The van der Waals surface area contributed by atoms with E-state index in [1.165, 1.54) is 37.7 Å². The van der Waals surface area contributed by atoms with Crippen molar-refractivity contribution < 1.29 is 17.5 Å². The molecule has 0 radical (unpaired) electrons. The van der Waals surface area contributed by atoms with Crippen LogP contribution in [0.25, 0.3) is 22.3 Å². The number of hydrogen-bond donors (Lipinski definition) is 2. The van der Waals surface area contributed by atoms with E-state index in [-0.39, 0.29) is 27.9 Å². The Morgan fingerprint density at radius 3 is 2.63 bits per heavy atom.